The van der Waals surface area contributed by atoms with Crippen molar-refractivity contribution >= 4 is 23.1 Å². The molecule has 0 aliphatic carbocycles. The molecule has 0 radical (unpaired) electrons. The van der Waals surface area contributed by atoms with Crippen LogP contribution >= 0.6 is 12.2 Å². The van der Waals surface area contributed by atoms with E-state index in [1.807, 2.05) is 0 Å². The summed E-state index contributed by atoms with van der Waals surface area (Å²) in [5, 5.41) is 0. The molecule has 0 aliphatic rings. The van der Waals surface area contributed by atoms with Crippen LogP contribution in [0.1, 0.15) is 12.8 Å². The Hall–Kier alpha value is -1.69. The molecule has 1 heterocycles. The molecule has 0 saturated heterocycles. The molecule has 0 saturated carbocycles. The van der Waals surface area contributed by atoms with Gasteiger partial charge in [-0.2, -0.15) is 0 Å². The third kappa shape index (κ3) is 4.67. The molecule has 2 N–H and O–H groups in total. The van der Waals surface area contributed by atoms with Crippen molar-refractivity contribution in [2.75, 3.05) is 13.6 Å². The second-order valence-corrected chi connectivity index (χ2v) is 4.54. The van der Waals surface area contributed by atoms with Gasteiger partial charge in [0.2, 0.25) is 5.91 Å². The van der Waals surface area contributed by atoms with Crippen molar-refractivity contribution in [1.82, 2.24) is 9.47 Å². The fraction of sp³-hybridized carbons (Fsp3) is 0.417. The first-order valence-corrected chi connectivity index (χ1v) is 6.09. The van der Waals surface area contributed by atoms with Crippen molar-refractivity contribution < 1.29 is 4.79 Å². The Morgan fingerprint density at radius 2 is 2.17 bits per heavy atom. The molecule has 5 nitrogen and oxygen atoms in total. The van der Waals surface area contributed by atoms with Crippen LogP contribution < -0.4 is 11.3 Å². The molecular formula is C12H17N3O2S. The van der Waals surface area contributed by atoms with Crippen LogP contribution in [0.3, 0.4) is 0 Å². The number of carbonyl (C=O) groups is 1. The average molecular weight is 267 g/mol. The zero-order valence-corrected chi connectivity index (χ0v) is 11.2. The zero-order chi connectivity index (χ0) is 13.5. The number of carbonyl (C=O) groups excluding carboxylic acids is 1. The van der Waals surface area contributed by atoms with E-state index in [-0.39, 0.29) is 17.9 Å². The summed E-state index contributed by atoms with van der Waals surface area (Å²) in [7, 11) is 1.70. The first-order valence-electron chi connectivity index (χ1n) is 5.68. The van der Waals surface area contributed by atoms with Crippen molar-refractivity contribution in [2.24, 2.45) is 5.73 Å². The highest BCUT2D eigenvalue weighted by Gasteiger charge is 2.09. The van der Waals surface area contributed by atoms with Gasteiger partial charge in [-0.05, 0) is 6.07 Å². The van der Waals surface area contributed by atoms with E-state index in [0.717, 1.165) is 0 Å². The van der Waals surface area contributed by atoms with Crippen molar-refractivity contribution in [3.05, 3.63) is 34.7 Å². The largest absolute Gasteiger partial charge is 0.393 e. The number of nitrogens with two attached hydrogens (primary N) is 1. The van der Waals surface area contributed by atoms with Gasteiger partial charge in [-0.3, -0.25) is 9.59 Å². The van der Waals surface area contributed by atoms with Crippen molar-refractivity contribution in [1.29, 1.82) is 0 Å². The Balaban J connectivity index is 2.44. The third-order valence-corrected chi connectivity index (χ3v) is 2.79. The van der Waals surface area contributed by atoms with Crippen LogP contribution in [0.25, 0.3) is 0 Å². The molecule has 0 spiro atoms. The number of thiocarbonyl (C=S) groups is 1. The molecule has 18 heavy (non-hydrogen) atoms. The van der Waals surface area contributed by atoms with Crippen molar-refractivity contribution in [2.45, 2.75) is 19.4 Å². The predicted molar refractivity (Wildman–Crippen MR) is 74.4 cm³/mol. The van der Waals surface area contributed by atoms with Gasteiger partial charge in [0, 0.05) is 45.2 Å². The Bertz CT molecular complexity index is 484. The van der Waals surface area contributed by atoms with E-state index >= 15 is 0 Å². The van der Waals surface area contributed by atoms with Crippen LogP contribution in [0.2, 0.25) is 0 Å². The monoisotopic (exact) mass is 267 g/mol. The second kappa shape index (κ2) is 6.90. The maximum atomic E-state index is 11.8. The Kier molecular flexibility index (Phi) is 5.51. The topological polar surface area (TPSA) is 68.3 Å². The molecule has 0 unspecified atom stereocenters. The van der Waals surface area contributed by atoms with Crippen molar-refractivity contribution in [3.8, 4) is 0 Å². The SMILES string of the molecule is CN(CCC(N)=S)C(=O)CCn1ccccc1=O. The summed E-state index contributed by atoms with van der Waals surface area (Å²) in [6.07, 6.45) is 2.48. The zero-order valence-electron chi connectivity index (χ0n) is 10.3. The van der Waals surface area contributed by atoms with Gasteiger partial charge in [0.05, 0.1) is 4.99 Å². The van der Waals surface area contributed by atoms with Gasteiger partial charge < -0.3 is 15.2 Å². The lowest BCUT2D eigenvalue weighted by atomic mass is 10.3. The molecule has 1 amide bonds. The molecule has 98 valence electrons. The van der Waals surface area contributed by atoms with E-state index in [1.165, 1.54) is 10.6 Å². The van der Waals surface area contributed by atoms with Gasteiger partial charge in [-0.15, -0.1) is 0 Å². The van der Waals surface area contributed by atoms with Gasteiger partial charge >= 0.3 is 0 Å². The highest BCUT2D eigenvalue weighted by molar-refractivity contribution is 7.80. The maximum absolute atomic E-state index is 11.8. The lowest BCUT2D eigenvalue weighted by Crippen LogP contribution is -2.31. The smallest absolute Gasteiger partial charge is 0.250 e. The van der Waals surface area contributed by atoms with Gasteiger partial charge in [-0.1, -0.05) is 18.3 Å². The van der Waals surface area contributed by atoms with Gasteiger partial charge in [0.25, 0.3) is 5.56 Å². The van der Waals surface area contributed by atoms with Gasteiger partial charge in [-0.25, -0.2) is 0 Å². The van der Waals surface area contributed by atoms with E-state index in [1.54, 1.807) is 30.3 Å². The van der Waals surface area contributed by atoms with Gasteiger partial charge in [0.1, 0.15) is 0 Å². The number of amides is 1. The number of pyridine rings is 1. The summed E-state index contributed by atoms with van der Waals surface area (Å²) in [6, 6.07) is 4.92. The van der Waals surface area contributed by atoms with Crippen LogP contribution in [0.5, 0.6) is 0 Å². The fourth-order valence-electron chi connectivity index (χ4n) is 1.45. The van der Waals surface area contributed by atoms with Crippen LogP contribution in [0.15, 0.2) is 29.2 Å². The second-order valence-electron chi connectivity index (χ2n) is 4.01. The minimum atomic E-state index is -0.101. The first-order chi connectivity index (χ1) is 8.50. The summed E-state index contributed by atoms with van der Waals surface area (Å²) in [5.41, 5.74) is 5.27. The molecule has 0 fully saturated rings. The first kappa shape index (κ1) is 14.4. The lowest BCUT2D eigenvalue weighted by molar-refractivity contribution is -0.130. The van der Waals surface area contributed by atoms with E-state index in [4.69, 9.17) is 18.0 Å². The standard InChI is InChI=1S/C12H17N3O2S/c1-14(8-5-10(13)18)11(16)6-9-15-7-3-2-4-12(15)17/h2-4,7H,5-6,8-9H2,1H3,(H2,13,18). The summed E-state index contributed by atoms with van der Waals surface area (Å²) in [5.74, 6) is -0.0259. The van der Waals surface area contributed by atoms with Crippen LogP contribution in [-0.4, -0.2) is 34.0 Å². The highest BCUT2D eigenvalue weighted by Crippen LogP contribution is 1.96. The fourth-order valence-corrected chi connectivity index (χ4v) is 1.55. The molecule has 0 aliphatic heterocycles. The van der Waals surface area contributed by atoms with Gasteiger partial charge in [0.15, 0.2) is 0 Å². The number of rotatable bonds is 6. The number of nitrogens with zero attached hydrogens (tertiary/aromatic N) is 2. The van der Waals surface area contributed by atoms with E-state index < -0.39 is 0 Å². The Morgan fingerprint density at radius 3 is 2.78 bits per heavy atom. The minimum absolute atomic E-state index is 0.0259. The normalized spacial score (nSPS) is 10.1. The number of aryl methyl sites for hydroxylation is 1. The number of aromatic nitrogens is 1. The molecule has 6 heteroatoms. The van der Waals surface area contributed by atoms with E-state index in [0.29, 0.717) is 24.5 Å². The van der Waals surface area contributed by atoms with Crippen LogP contribution in [-0.2, 0) is 11.3 Å². The molecule has 0 bridgehead atoms. The average Bonchev–Trinajstić information content (AvgIpc) is 2.34. The van der Waals surface area contributed by atoms with E-state index in [9.17, 15) is 9.59 Å². The maximum Gasteiger partial charge on any atom is 0.250 e. The third-order valence-electron chi connectivity index (χ3n) is 2.58. The van der Waals surface area contributed by atoms with Crippen LogP contribution in [0, 0.1) is 0 Å². The summed E-state index contributed by atoms with van der Waals surface area (Å²) in [6.45, 7) is 0.897. The molecule has 0 atom stereocenters. The minimum Gasteiger partial charge on any atom is -0.393 e. The number of hydrogen-bond donors (Lipinski definition) is 1. The Morgan fingerprint density at radius 1 is 1.44 bits per heavy atom. The molecule has 1 rings (SSSR count). The molecule has 1 aromatic rings. The summed E-state index contributed by atoms with van der Waals surface area (Å²) < 4.78 is 1.51. The molecular weight excluding hydrogens is 250 g/mol. The molecule has 0 aromatic carbocycles. The summed E-state index contributed by atoms with van der Waals surface area (Å²) >= 11 is 4.75. The summed E-state index contributed by atoms with van der Waals surface area (Å²) in [4.78, 5) is 25.2. The number of hydrogen-bond acceptors (Lipinski definition) is 3. The van der Waals surface area contributed by atoms with Crippen molar-refractivity contribution in [3.63, 3.8) is 0 Å². The quantitative estimate of drug-likeness (QED) is 0.756. The van der Waals surface area contributed by atoms with E-state index in [2.05, 4.69) is 0 Å². The molecule has 1 aromatic heterocycles. The Labute approximate surface area is 111 Å². The lowest BCUT2D eigenvalue weighted by Gasteiger charge is -2.16. The highest BCUT2D eigenvalue weighted by atomic mass is 32.1. The van der Waals surface area contributed by atoms with Crippen LogP contribution in [0.4, 0.5) is 0 Å². The predicted octanol–water partition coefficient (Wildman–Crippen LogP) is 0.373.